The van der Waals surface area contributed by atoms with Crippen LogP contribution >= 0.6 is 0 Å². The van der Waals surface area contributed by atoms with Gasteiger partial charge in [0.15, 0.2) is 0 Å². The summed E-state index contributed by atoms with van der Waals surface area (Å²) in [4.78, 5) is 14.3. The maximum absolute atomic E-state index is 13.0. The van der Waals surface area contributed by atoms with Gasteiger partial charge in [0, 0.05) is 32.1 Å². The number of alkyl halides is 3. The van der Waals surface area contributed by atoms with Gasteiger partial charge in [0.25, 0.3) is 0 Å². The molecule has 0 N–H and O–H groups in total. The van der Waals surface area contributed by atoms with E-state index < -0.39 is 28.0 Å². The van der Waals surface area contributed by atoms with E-state index in [0.29, 0.717) is 25.8 Å². The number of carbonyl (C=O) groups excluding carboxylic acids is 1. The zero-order valence-corrected chi connectivity index (χ0v) is 17.5. The van der Waals surface area contributed by atoms with E-state index in [0.717, 1.165) is 11.1 Å². The Morgan fingerprint density at radius 1 is 1.03 bits per heavy atom. The Balaban J connectivity index is 1.62. The van der Waals surface area contributed by atoms with E-state index in [1.54, 1.807) is 18.2 Å². The molecule has 29 heavy (non-hydrogen) atoms. The summed E-state index contributed by atoms with van der Waals surface area (Å²) in [5.41, 5.74) is 1.90. The molecule has 0 saturated carbocycles. The van der Waals surface area contributed by atoms with Crippen molar-refractivity contribution in [1.82, 2.24) is 9.21 Å². The highest BCUT2D eigenvalue weighted by Crippen LogP contribution is 2.34. The van der Waals surface area contributed by atoms with Crippen LogP contribution in [0.15, 0.2) is 23.1 Å². The zero-order valence-electron chi connectivity index (χ0n) is 16.7. The second-order valence-corrected chi connectivity index (χ2v) is 10.0. The lowest BCUT2D eigenvalue weighted by Crippen LogP contribution is -2.49. The number of aryl methyl sites for hydroxylation is 2. The molecular formula is C20H27F3N2O3S. The predicted octanol–water partition coefficient (Wildman–Crippen LogP) is 3.51. The molecule has 2 saturated heterocycles. The molecule has 1 aromatic rings. The molecular weight excluding hydrogens is 405 g/mol. The van der Waals surface area contributed by atoms with E-state index in [1.807, 2.05) is 13.8 Å². The number of amides is 1. The van der Waals surface area contributed by atoms with Gasteiger partial charge in [0.1, 0.15) is 0 Å². The molecule has 0 radical (unpaired) electrons. The number of piperidine rings is 2. The summed E-state index contributed by atoms with van der Waals surface area (Å²) in [6.45, 7) is 4.21. The van der Waals surface area contributed by atoms with E-state index in [2.05, 4.69) is 0 Å². The van der Waals surface area contributed by atoms with Crippen molar-refractivity contribution in [3.8, 4) is 0 Å². The number of sulfonamides is 1. The smallest absolute Gasteiger partial charge is 0.342 e. The molecule has 0 aliphatic carbocycles. The first-order chi connectivity index (χ1) is 13.5. The number of rotatable bonds is 3. The average molecular weight is 433 g/mol. The maximum Gasteiger partial charge on any atom is 0.393 e. The summed E-state index contributed by atoms with van der Waals surface area (Å²) in [6.07, 6.45) is -3.23. The van der Waals surface area contributed by atoms with Crippen LogP contribution in [0.5, 0.6) is 0 Å². The number of likely N-dealkylation sites (tertiary alicyclic amines) is 1. The van der Waals surface area contributed by atoms with Crippen LogP contribution in [0.1, 0.15) is 36.8 Å². The third-order valence-corrected chi connectivity index (χ3v) is 8.01. The lowest BCUT2D eigenvalue weighted by atomic mass is 9.92. The monoisotopic (exact) mass is 432 g/mol. The third-order valence-electron chi connectivity index (χ3n) is 6.12. The van der Waals surface area contributed by atoms with Crippen LogP contribution in [0.2, 0.25) is 0 Å². The average Bonchev–Trinajstić information content (AvgIpc) is 2.69. The second-order valence-electron chi connectivity index (χ2n) is 8.09. The summed E-state index contributed by atoms with van der Waals surface area (Å²) in [6, 6.07) is 5.00. The van der Waals surface area contributed by atoms with Crippen molar-refractivity contribution in [2.45, 2.75) is 50.6 Å². The number of hydrogen-bond donors (Lipinski definition) is 0. The van der Waals surface area contributed by atoms with Gasteiger partial charge in [-0.3, -0.25) is 4.79 Å². The van der Waals surface area contributed by atoms with Crippen molar-refractivity contribution in [3.05, 3.63) is 29.3 Å². The maximum atomic E-state index is 13.0. The number of benzene rings is 1. The molecule has 0 aromatic heterocycles. The van der Waals surface area contributed by atoms with E-state index in [9.17, 15) is 26.4 Å². The van der Waals surface area contributed by atoms with Gasteiger partial charge in [0.05, 0.1) is 10.8 Å². The minimum atomic E-state index is -4.29. The highest BCUT2D eigenvalue weighted by molar-refractivity contribution is 7.89. The van der Waals surface area contributed by atoms with E-state index >= 15 is 0 Å². The fourth-order valence-corrected chi connectivity index (χ4v) is 5.62. The van der Waals surface area contributed by atoms with Gasteiger partial charge < -0.3 is 4.90 Å². The van der Waals surface area contributed by atoms with Crippen LogP contribution < -0.4 is 0 Å². The predicted molar refractivity (Wildman–Crippen MR) is 103 cm³/mol. The Labute approximate surface area is 169 Å². The Morgan fingerprint density at radius 2 is 1.69 bits per heavy atom. The first-order valence-electron chi connectivity index (χ1n) is 9.93. The van der Waals surface area contributed by atoms with Gasteiger partial charge in [-0.15, -0.1) is 0 Å². The molecule has 2 heterocycles. The second kappa shape index (κ2) is 8.26. The standard InChI is InChI=1S/C20H27F3N2O3S/c1-14-5-6-18(12-15(14)2)29(27,28)25-10-7-16(8-11-25)19(26)24-9-3-4-17(13-24)20(21,22)23/h5-6,12,16-17H,3-4,7-11,13H2,1-2H3/t17-/m0/s1. The minimum absolute atomic E-state index is 0.0555. The minimum Gasteiger partial charge on any atom is -0.342 e. The molecule has 1 aromatic carbocycles. The van der Waals surface area contributed by atoms with Crippen LogP contribution in [0.25, 0.3) is 0 Å². The van der Waals surface area contributed by atoms with Gasteiger partial charge in [-0.05, 0) is 62.8 Å². The molecule has 1 amide bonds. The van der Waals surface area contributed by atoms with Gasteiger partial charge in [-0.25, -0.2) is 8.42 Å². The van der Waals surface area contributed by atoms with Crippen molar-refractivity contribution >= 4 is 15.9 Å². The SMILES string of the molecule is Cc1ccc(S(=O)(=O)N2CCC(C(=O)N3CCC[C@H](C(F)(F)F)C3)CC2)cc1C. The van der Waals surface area contributed by atoms with Crippen LogP contribution in [-0.4, -0.2) is 55.9 Å². The van der Waals surface area contributed by atoms with Crippen LogP contribution in [0.4, 0.5) is 13.2 Å². The third kappa shape index (κ3) is 4.77. The number of halogens is 3. The largest absolute Gasteiger partial charge is 0.393 e. The fraction of sp³-hybridized carbons (Fsp3) is 0.650. The lowest BCUT2D eigenvalue weighted by Gasteiger charge is -2.38. The van der Waals surface area contributed by atoms with Crippen LogP contribution in [0, 0.1) is 25.7 Å². The molecule has 9 heteroatoms. The van der Waals surface area contributed by atoms with Gasteiger partial charge >= 0.3 is 6.18 Å². The Morgan fingerprint density at radius 3 is 2.28 bits per heavy atom. The van der Waals surface area contributed by atoms with Crippen molar-refractivity contribution in [3.63, 3.8) is 0 Å². The molecule has 2 aliphatic heterocycles. The van der Waals surface area contributed by atoms with Gasteiger partial charge in [-0.2, -0.15) is 17.5 Å². The Bertz CT molecular complexity index is 862. The molecule has 2 fully saturated rings. The molecule has 0 spiro atoms. The van der Waals surface area contributed by atoms with E-state index in [1.165, 1.54) is 9.21 Å². The van der Waals surface area contributed by atoms with Crippen LogP contribution in [0.3, 0.4) is 0 Å². The molecule has 0 unspecified atom stereocenters. The Hall–Kier alpha value is -1.61. The first kappa shape index (κ1) is 22.1. The summed E-state index contributed by atoms with van der Waals surface area (Å²) < 4.78 is 66.2. The molecule has 3 rings (SSSR count). The highest BCUT2D eigenvalue weighted by atomic mass is 32.2. The van der Waals surface area contributed by atoms with Gasteiger partial charge in [-0.1, -0.05) is 6.07 Å². The summed E-state index contributed by atoms with van der Waals surface area (Å²) >= 11 is 0. The molecule has 5 nitrogen and oxygen atoms in total. The van der Waals surface area contributed by atoms with Crippen molar-refractivity contribution in [2.24, 2.45) is 11.8 Å². The molecule has 162 valence electrons. The van der Waals surface area contributed by atoms with Gasteiger partial charge in [0.2, 0.25) is 15.9 Å². The summed E-state index contributed by atoms with van der Waals surface area (Å²) in [5, 5.41) is 0. The normalized spacial score (nSPS) is 22.7. The van der Waals surface area contributed by atoms with Crippen molar-refractivity contribution in [2.75, 3.05) is 26.2 Å². The zero-order chi connectivity index (χ0) is 21.4. The summed E-state index contributed by atoms with van der Waals surface area (Å²) in [7, 11) is -3.64. The molecule has 1 atom stereocenters. The number of nitrogens with zero attached hydrogens (tertiary/aromatic N) is 2. The van der Waals surface area contributed by atoms with Crippen molar-refractivity contribution in [1.29, 1.82) is 0 Å². The first-order valence-corrected chi connectivity index (χ1v) is 11.4. The topological polar surface area (TPSA) is 57.7 Å². The highest BCUT2D eigenvalue weighted by Gasteiger charge is 2.44. The molecule has 0 bridgehead atoms. The van der Waals surface area contributed by atoms with E-state index in [-0.39, 0.29) is 36.9 Å². The number of carbonyl (C=O) groups is 1. The summed E-state index contributed by atoms with van der Waals surface area (Å²) in [5.74, 6) is -2.17. The van der Waals surface area contributed by atoms with E-state index in [4.69, 9.17) is 0 Å². The lowest BCUT2D eigenvalue weighted by molar-refractivity contribution is -0.188. The van der Waals surface area contributed by atoms with Crippen LogP contribution in [-0.2, 0) is 14.8 Å². The molecule has 2 aliphatic rings. The van der Waals surface area contributed by atoms with Crippen molar-refractivity contribution < 1.29 is 26.4 Å². The fourth-order valence-electron chi connectivity index (χ4n) is 4.07. The number of hydrogen-bond acceptors (Lipinski definition) is 3. The quantitative estimate of drug-likeness (QED) is 0.735. The Kier molecular flexibility index (Phi) is 6.29.